The maximum absolute atomic E-state index is 12.0. The number of aromatic nitrogens is 1. The minimum absolute atomic E-state index is 0.442. The molecule has 2 heterocycles. The molecule has 25 heavy (non-hydrogen) atoms. The molecule has 1 fully saturated rings. The fourth-order valence-electron chi connectivity index (χ4n) is 2.70. The van der Waals surface area contributed by atoms with E-state index < -0.39 is 11.8 Å². The van der Waals surface area contributed by atoms with Gasteiger partial charge in [0.25, 0.3) is 0 Å². The number of hydrogen-bond acceptors (Lipinski definition) is 6. The van der Waals surface area contributed by atoms with Crippen molar-refractivity contribution in [2.45, 2.75) is 13.3 Å². The number of fused-ring (bicyclic) bond motifs is 1. The van der Waals surface area contributed by atoms with E-state index in [1.165, 1.54) is 11.3 Å². The van der Waals surface area contributed by atoms with Gasteiger partial charge in [-0.15, -0.1) is 0 Å². The summed E-state index contributed by atoms with van der Waals surface area (Å²) in [5.74, 6) is -1.30. The van der Waals surface area contributed by atoms with E-state index in [-0.39, 0.29) is 0 Å². The highest BCUT2D eigenvalue weighted by Crippen LogP contribution is 2.27. The minimum atomic E-state index is -0.678. The van der Waals surface area contributed by atoms with Crippen LogP contribution in [0.2, 0.25) is 0 Å². The summed E-state index contributed by atoms with van der Waals surface area (Å²) in [7, 11) is 0. The van der Waals surface area contributed by atoms with Crippen molar-refractivity contribution in [3.8, 4) is 0 Å². The van der Waals surface area contributed by atoms with Gasteiger partial charge in [0, 0.05) is 19.6 Å². The summed E-state index contributed by atoms with van der Waals surface area (Å²) in [6.07, 6.45) is 0.805. The number of nitrogens with one attached hydrogen (secondary N) is 2. The van der Waals surface area contributed by atoms with Gasteiger partial charge in [-0.05, 0) is 31.5 Å². The van der Waals surface area contributed by atoms with Gasteiger partial charge in [0.15, 0.2) is 5.13 Å². The van der Waals surface area contributed by atoms with Crippen LogP contribution in [-0.4, -0.2) is 61.1 Å². The molecule has 0 radical (unpaired) electrons. The molecule has 8 heteroatoms. The Morgan fingerprint density at radius 2 is 2.08 bits per heavy atom. The molecule has 2 amide bonds. The third-order valence-corrected chi connectivity index (χ3v) is 5.02. The lowest BCUT2D eigenvalue weighted by atomic mass is 10.2. The summed E-state index contributed by atoms with van der Waals surface area (Å²) < 4.78 is 6.28. The van der Waals surface area contributed by atoms with E-state index >= 15 is 0 Å². The van der Waals surface area contributed by atoms with E-state index in [0.29, 0.717) is 11.7 Å². The van der Waals surface area contributed by atoms with Crippen molar-refractivity contribution in [3.63, 3.8) is 0 Å². The Labute approximate surface area is 150 Å². The summed E-state index contributed by atoms with van der Waals surface area (Å²) in [6, 6.07) is 5.86. The zero-order valence-corrected chi connectivity index (χ0v) is 15.0. The highest BCUT2D eigenvalue weighted by Gasteiger charge is 2.16. The van der Waals surface area contributed by atoms with Gasteiger partial charge < -0.3 is 10.1 Å². The van der Waals surface area contributed by atoms with Crippen LogP contribution in [0.1, 0.15) is 12.0 Å². The summed E-state index contributed by atoms with van der Waals surface area (Å²) in [4.78, 5) is 30.6. The van der Waals surface area contributed by atoms with E-state index in [0.717, 1.165) is 55.0 Å². The van der Waals surface area contributed by atoms with Crippen molar-refractivity contribution < 1.29 is 14.3 Å². The van der Waals surface area contributed by atoms with Gasteiger partial charge in [0.1, 0.15) is 0 Å². The predicted molar refractivity (Wildman–Crippen MR) is 97.9 cm³/mol. The Balaban J connectivity index is 1.43. The second kappa shape index (κ2) is 8.37. The van der Waals surface area contributed by atoms with E-state index in [1.54, 1.807) is 0 Å². The number of nitrogens with zero attached hydrogens (tertiary/aromatic N) is 2. The van der Waals surface area contributed by atoms with Crippen LogP contribution >= 0.6 is 11.3 Å². The highest BCUT2D eigenvalue weighted by atomic mass is 32.1. The minimum Gasteiger partial charge on any atom is -0.379 e. The first-order valence-electron chi connectivity index (χ1n) is 8.39. The number of aryl methyl sites for hydroxylation is 1. The largest absolute Gasteiger partial charge is 0.379 e. The van der Waals surface area contributed by atoms with Crippen LogP contribution in [0.3, 0.4) is 0 Å². The lowest BCUT2D eigenvalue weighted by Gasteiger charge is -2.26. The molecule has 0 spiro atoms. The summed E-state index contributed by atoms with van der Waals surface area (Å²) in [5.41, 5.74) is 1.90. The number of benzene rings is 1. The summed E-state index contributed by atoms with van der Waals surface area (Å²) in [6.45, 7) is 6.70. The summed E-state index contributed by atoms with van der Waals surface area (Å²) in [5, 5.41) is 5.68. The Morgan fingerprint density at radius 3 is 2.84 bits per heavy atom. The number of carbonyl (C=O) groups excluding carboxylic acids is 2. The average molecular weight is 362 g/mol. The second-order valence-electron chi connectivity index (χ2n) is 5.96. The fraction of sp³-hybridized carbons (Fsp3) is 0.471. The number of rotatable bonds is 5. The molecule has 0 unspecified atom stereocenters. The van der Waals surface area contributed by atoms with Crippen LogP contribution in [0.4, 0.5) is 5.13 Å². The maximum atomic E-state index is 12.0. The van der Waals surface area contributed by atoms with E-state index in [1.807, 2.05) is 25.1 Å². The Kier molecular flexibility index (Phi) is 5.95. The van der Waals surface area contributed by atoms with E-state index in [4.69, 9.17) is 4.74 Å². The van der Waals surface area contributed by atoms with Gasteiger partial charge in [0.05, 0.1) is 23.4 Å². The van der Waals surface area contributed by atoms with Crippen molar-refractivity contribution >= 4 is 38.5 Å². The lowest BCUT2D eigenvalue weighted by molar-refractivity contribution is -0.136. The molecule has 1 aliphatic heterocycles. The Morgan fingerprint density at radius 1 is 1.28 bits per heavy atom. The van der Waals surface area contributed by atoms with Crippen LogP contribution in [0.15, 0.2) is 18.2 Å². The first-order chi connectivity index (χ1) is 12.1. The fourth-order valence-corrected chi connectivity index (χ4v) is 3.64. The van der Waals surface area contributed by atoms with Gasteiger partial charge in [-0.25, -0.2) is 4.98 Å². The molecule has 2 aromatic rings. The number of anilines is 1. The quantitative estimate of drug-likeness (QED) is 0.620. The van der Waals surface area contributed by atoms with Gasteiger partial charge in [-0.2, -0.15) is 0 Å². The molecule has 0 saturated carbocycles. The molecule has 2 N–H and O–H groups in total. The van der Waals surface area contributed by atoms with Crippen molar-refractivity contribution in [2.24, 2.45) is 0 Å². The first-order valence-corrected chi connectivity index (χ1v) is 9.20. The smallest absolute Gasteiger partial charge is 0.315 e. The number of para-hydroxylation sites is 1. The highest BCUT2D eigenvalue weighted by molar-refractivity contribution is 7.22. The van der Waals surface area contributed by atoms with Gasteiger partial charge in [-0.1, -0.05) is 23.5 Å². The van der Waals surface area contributed by atoms with Crippen molar-refractivity contribution in [2.75, 3.05) is 44.7 Å². The molecule has 0 bridgehead atoms. The third kappa shape index (κ3) is 4.75. The van der Waals surface area contributed by atoms with E-state index in [9.17, 15) is 9.59 Å². The number of hydrogen-bond donors (Lipinski definition) is 2. The lowest BCUT2D eigenvalue weighted by Crippen LogP contribution is -2.39. The third-order valence-electron chi connectivity index (χ3n) is 4.09. The second-order valence-corrected chi connectivity index (χ2v) is 6.99. The van der Waals surface area contributed by atoms with Crippen LogP contribution in [0.5, 0.6) is 0 Å². The molecular weight excluding hydrogens is 340 g/mol. The van der Waals surface area contributed by atoms with Gasteiger partial charge in [0.2, 0.25) is 0 Å². The van der Waals surface area contributed by atoms with Crippen LogP contribution in [-0.2, 0) is 14.3 Å². The van der Waals surface area contributed by atoms with Gasteiger partial charge in [-0.3, -0.25) is 19.8 Å². The molecule has 7 nitrogen and oxygen atoms in total. The number of thiazole rings is 1. The normalized spacial score (nSPS) is 15.2. The van der Waals surface area contributed by atoms with Gasteiger partial charge >= 0.3 is 11.8 Å². The monoisotopic (exact) mass is 362 g/mol. The number of amides is 2. The number of morpholine rings is 1. The molecule has 1 aliphatic rings. The molecular formula is C17H22N4O3S. The standard InChI is InChI=1S/C17H22N4O3S/c1-12-4-2-5-13-14(12)19-17(25-13)20-16(23)15(22)18-6-3-7-21-8-10-24-11-9-21/h2,4-5H,3,6-11H2,1H3,(H,18,22)(H,19,20,23). The maximum Gasteiger partial charge on any atom is 0.315 e. The average Bonchev–Trinajstić information content (AvgIpc) is 3.03. The topological polar surface area (TPSA) is 83.6 Å². The molecule has 0 aliphatic carbocycles. The van der Waals surface area contributed by atoms with Crippen molar-refractivity contribution in [1.29, 1.82) is 0 Å². The van der Waals surface area contributed by atoms with Crippen molar-refractivity contribution in [1.82, 2.24) is 15.2 Å². The molecule has 1 saturated heterocycles. The molecule has 134 valence electrons. The molecule has 0 atom stereocenters. The van der Waals surface area contributed by atoms with Crippen LogP contribution < -0.4 is 10.6 Å². The van der Waals surface area contributed by atoms with Crippen molar-refractivity contribution in [3.05, 3.63) is 23.8 Å². The van der Waals surface area contributed by atoms with Crippen LogP contribution in [0, 0.1) is 6.92 Å². The SMILES string of the molecule is Cc1cccc2sc(NC(=O)C(=O)NCCCN3CCOCC3)nc12. The Bertz CT molecular complexity index is 755. The number of carbonyl (C=O) groups is 2. The zero-order chi connectivity index (χ0) is 17.6. The summed E-state index contributed by atoms with van der Waals surface area (Å²) >= 11 is 1.36. The number of ether oxygens (including phenoxy) is 1. The first kappa shape index (κ1) is 17.8. The predicted octanol–water partition coefficient (Wildman–Crippen LogP) is 1.38. The van der Waals surface area contributed by atoms with E-state index in [2.05, 4.69) is 20.5 Å². The molecule has 1 aromatic heterocycles. The molecule has 1 aromatic carbocycles. The Hall–Kier alpha value is -2.03. The molecule has 3 rings (SSSR count). The zero-order valence-electron chi connectivity index (χ0n) is 14.2. The van der Waals surface area contributed by atoms with Crippen LogP contribution in [0.25, 0.3) is 10.2 Å².